The highest BCUT2D eigenvalue weighted by molar-refractivity contribution is 5.34. The summed E-state index contributed by atoms with van der Waals surface area (Å²) in [5, 5.41) is 0. The van der Waals surface area contributed by atoms with Crippen LogP contribution in [0.15, 0.2) is 12.1 Å². The van der Waals surface area contributed by atoms with Crippen molar-refractivity contribution in [1.82, 2.24) is 4.98 Å². The lowest BCUT2D eigenvalue weighted by molar-refractivity contribution is 0.117. The molecule has 0 aliphatic heterocycles. The van der Waals surface area contributed by atoms with Gasteiger partial charge in [0.15, 0.2) is 5.75 Å². The second-order valence-electron chi connectivity index (χ2n) is 4.17. The summed E-state index contributed by atoms with van der Waals surface area (Å²) in [6, 6.07) is 3.61. The minimum Gasteiger partial charge on any atom is -0.485 e. The number of aromatic nitrogens is 1. The number of methoxy groups -OCH3 is 1. The average molecular weight is 227 g/mol. The van der Waals surface area contributed by atoms with Crippen molar-refractivity contribution >= 4 is 0 Å². The van der Waals surface area contributed by atoms with E-state index in [4.69, 9.17) is 9.47 Å². The van der Waals surface area contributed by atoms with Crippen molar-refractivity contribution in [3.8, 4) is 11.6 Å². The molecule has 0 aliphatic rings. The van der Waals surface area contributed by atoms with Gasteiger partial charge in [0.05, 0.1) is 7.11 Å². The molecule has 1 aromatic heterocycles. The lowest BCUT2D eigenvalue weighted by Gasteiger charge is -2.16. The first-order valence-electron chi connectivity index (χ1n) is 5.32. The van der Waals surface area contributed by atoms with E-state index in [1.165, 1.54) is 21.0 Å². The number of halogens is 1. The van der Waals surface area contributed by atoms with Gasteiger partial charge >= 0.3 is 0 Å². The predicted molar refractivity (Wildman–Crippen MR) is 60.8 cm³/mol. The number of rotatable bonds is 5. The molecule has 90 valence electrons. The van der Waals surface area contributed by atoms with Crippen LogP contribution in [-0.2, 0) is 6.42 Å². The molecule has 1 heterocycles. The molecule has 0 aliphatic carbocycles. The van der Waals surface area contributed by atoms with E-state index >= 15 is 0 Å². The third-order valence-electron chi connectivity index (χ3n) is 2.01. The third-order valence-corrected chi connectivity index (χ3v) is 2.01. The first kappa shape index (κ1) is 12.7. The molecule has 0 fully saturated rings. The fourth-order valence-electron chi connectivity index (χ4n) is 1.17. The van der Waals surface area contributed by atoms with Crippen LogP contribution in [0.1, 0.15) is 26.5 Å². The zero-order valence-electron chi connectivity index (χ0n) is 10.2. The van der Waals surface area contributed by atoms with Crippen LogP contribution in [0.5, 0.6) is 11.6 Å². The van der Waals surface area contributed by atoms with Crippen LogP contribution in [0.25, 0.3) is 0 Å². The molecule has 1 aromatic rings. The zero-order valence-corrected chi connectivity index (χ0v) is 10.2. The number of ether oxygens (including phenoxy) is 2. The maximum atomic E-state index is 13.3. The molecule has 0 aromatic carbocycles. The Morgan fingerprint density at radius 3 is 2.56 bits per heavy atom. The van der Waals surface area contributed by atoms with E-state index in [1.54, 1.807) is 6.07 Å². The SMILES string of the molecule is CCc1ccc(OCC(C)(C)F)c(OC)n1. The molecule has 0 bridgehead atoms. The number of aryl methyl sites for hydroxylation is 1. The first-order chi connectivity index (χ1) is 7.46. The summed E-state index contributed by atoms with van der Waals surface area (Å²) >= 11 is 0. The summed E-state index contributed by atoms with van der Waals surface area (Å²) in [5.74, 6) is 0.883. The van der Waals surface area contributed by atoms with Gasteiger partial charge in [0.2, 0.25) is 0 Å². The van der Waals surface area contributed by atoms with E-state index in [0.717, 1.165) is 12.1 Å². The molecule has 16 heavy (non-hydrogen) atoms. The zero-order chi connectivity index (χ0) is 12.2. The fourth-order valence-corrected chi connectivity index (χ4v) is 1.17. The van der Waals surface area contributed by atoms with E-state index in [2.05, 4.69) is 4.98 Å². The van der Waals surface area contributed by atoms with Crippen LogP contribution in [0.3, 0.4) is 0 Å². The first-order valence-corrected chi connectivity index (χ1v) is 5.32. The number of alkyl halides is 1. The second kappa shape index (κ2) is 5.14. The Kier molecular flexibility index (Phi) is 4.10. The van der Waals surface area contributed by atoms with E-state index < -0.39 is 5.67 Å². The van der Waals surface area contributed by atoms with Gasteiger partial charge in [-0.15, -0.1) is 0 Å². The maximum Gasteiger partial charge on any atom is 0.256 e. The van der Waals surface area contributed by atoms with Crippen molar-refractivity contribution in [2.45, 2.75) is 32.9 Å². The average Bonchev–Trinajstić information content (AvgIpc) is 2.25. The van der Waals surface area contributed by atoms with Gasteiger partial charge in [-0.25, -0.2) is 9.37 Å². The molecule has 0 spiro atoms. The Morgan fingerprint density at radius 2 is 2.06 bits per heavy atom. The monoisotopic (exact) mass is 227 g/mol. The maximum absolute atomic E-state index is 13.3. The lowest BCUT2D eigenvalue weighted by Crippen LogP contribution is -2.22. The Labute approximate surface area is 95.6 Å². The topological polar surface area (TPSA) is 31.4 Å². The molecule has 0 radical (unpaired) electrons. The van der Waals surface area contributed by atoms with Gasteiger partial charge in [0.1, 0.15) is 12.3 Å². The quantitative estimate of drug-likeness (QED) is 0.775. The summed E-state index contributed by atoms with van der Waals surface area (Å²) in [6.45, 7) is 4.92. The van der Waals surface area contributed by atoms with Gasteiger partial charge in [0.25, 0.3) is 5.88 Å². The number of hydrogen-bond donors (Lipinski definition) is 0. The van der Waals surface area contributed by atoms with E-state index in [1.807, 2.05) is 13.0 Å². The number of nitrogens with zero attached hydrogens (tertiary/aromatic N) is 1. The van der Waals surface area contributed by atoms with Gasteiger partial charge in [0, 0.05) is 5.69 Å². The molecule has 0 saturated heterocycles. The van der Waals surface area contributed by atoms with Gasteiger partial charge in [-0.05, 0) is 32.4 Å². The Morgan fingerprint density at radius 1 is 1.38 bits per heavy atom. The molecular formula is C12H18FNO2. The molecule has 0 saturated carbocycles. The molecule has 0 atom stereocenters. The van der Waals surface area contributed by atoms with Gasteiger partial charge in [-0.3, -0.25) is 0 Å². The van der Waals surface area contributed by atoms with E-state index in [-0.39, 0.29) is 6.61 Å². The third kappa shape index (κ3) is 3.68. The summed E-state index contributed by atoms with van der Waals surface area (Å²) < 4.78 is 23.7. The minimum absolute atomic E-state index is 0.0173. The second-order valence-corrected chi connectivity index (χ2v) is 4.17. The Balaban J connectivity index is 2.79. The fraction of sp³-hybridized carbons (Fsp3) is 0.583. The minimum atomic E-state index is -1.37. The van der Waals surface area contributed by atoms with Crippen LogP contribution in [0, 0.1) is 0 Å². The molecule has 0 N–H and O–H groups in total. The lowest BCUT2D eigenvalue weighted by atomic mass is 10.2. The van der Waals surface area contributed by atoms with Crippen LogP contribution >= 0.6 is 0 Å². The smallest absolute Gasteiger partial charge is 0.256 e. The highest BCUT2D eigenvalue weighted by Crippen LogP contribution is 2.26. The summed E-state index contributed by atoms with van der Waals surface area (Å²) in [5.41, 5.74) is -0.447. The van der Waals surface area contributed by atoms with Crippen LogP contribution in [0.4, 0.5) is 4.39 Å². The van der Waals surface area contributed by atoms with Crippen molar-refractivity contribution in [2.24, 2.45) is 0 Å². The molecule has 0 unspecified atom stereocenters. The summed E-state index contributed by atoms with van der Waals surface area (Å²) in [7, 11) is 1.52. The normalized spacial score (nSPS) is 11.3. The van der Waals surface area contributed by atoms with Crippen molar-refractivity contribution in [1.29, 1.82) is 0 Å². The Bertz CT molecular complexity index is 347. The Hall–Kier alpha value is -1.32. The predicted octanol–water partition coefficient (Wildman–Crippen LogP) is 2.78. The van der Waals surface area contributed by atoms with Gasteiger partial charge in [-0.2, -0.15) is 0 Å². The van der Waals surface area contributed by atoms with Gasteiger partial charge in [-0.1, -0.05) is 6.92 Å². The van der Waals surface area contributed by atoms with E-state index in [0.29, 0.717) is 11.6 Å². The van der Waals surface area contributed by atoms with Crippen molar-refractivity contribution in [2.75, 3.05) is 13.7 Å². The van der Waals surface area contributed by atoms with Crippen molar-refractivity contribution in [3.05, 3.63) is 17.8 Å². The molecule has 0 amide bonds. The molecular weight excluding hydrogens is 209 g/mol. The molecule has 1 rings (SSSR count). The molecule has 4 heteroatoms. The van der Waals surface area contributed by atoms with E-state index in [9.17, 15) is 4.39 Å². The van der Waals surface area contributed by atoms with Crippen LogP contribution in [-0.4, -0.2) is 24.4 Å². The largest absolute Gasteiger partial charge is 0.485 e. The van der Waals surface area contributed by atoms with Crippen molar-refractivity contribution < 1.29 is 13.9 Å². The summed E-state index contributed by atoms with van der Waals surface area (Å²) in [6.07, 6.45) is 0.825. The standard InChI is InChI=1S/C12H18FNO2/c1-5-9-6-7-10(11(14-9)15-4)16-8-12(2,3)13/h6-7H,5,8H2,1-4H3. The molecule has 3 nitrogen and oxygen atoms in total. The van der Waals surface area contributed by atoms with Crippen LogP contribution < -0.4 is 9.47 Å². The highest BCUT2D eigenvalue weighted by Gasteiger charge is 2.18. The van der Waals surface area contributed by atoms with Crippen molar-refractivity contribution in [3.63, 3.8) is 0 Å². The highest BCUT2D eigenvalue weighted by atomic mass is 19.1. The number of hydrogen-bond acceptors (Lipinski definition) is 3. The van der Waals surface area contributed by atoms with Gasteiger partial charge < -0.3 is 9.47 Å². The summed E-state index contributed by atoms with van der Waals surface area (Å²) in [4.78, 5) is 4.24. The van der Waals surface area contributed by atoms with Crippen LogP contribution in [0.2, 0.25) is 0 Å². The number of pyridine rings is 1.